The molecule has 1 aliphatic heterocycles. The molecule has 2 N–H and O–H groups in total. The molecule has 15 heavy (non-hydrogen) atoms. The normalized spacial score (nSPS) is 26.2. The van der Waals surface area contributed by atoms with Crippen molar-refractivity contribution in [2.45, 2.75) is 31.9 Å². The van der Waals surface area contributed by atoms with Gasteiger partial charge >= 0.3 is 0 Å². The van der Waals surface area contributed by atoms with Crippen LogP contribution in [0.2, 0.25) is 0 Å². The minimum absolute atomic E-state index is 0.0779. The number of ether oxygens (including phenoxy) is 1. The van der Waals surface area contributed by atoms with E-state index in [9.17, 15) is 4.79 Å². The first-order chi connectivity index (χ1) is 7.25. The number of aromatic nitrogens is 4. The molecule has 1 amide bonds. The van der Waals surface area contributed by atoms with Crippen molar-refractivity contribution in [3.8, 4) is 0 Å². The van der Waals surface area contributed by atoms with Crippen molar-refractivity contribution in [2.24, 2.45) is 0 Å². The summed E-state index contributed by atoms with van der Waals surface area (Å²) >= 11 is 0. The average Bonchev–Trinajstić information content (AvgIpc) is 2.70. The third-order valence-corrected chi connectivity index (χ3v) is 2.37. The van der Waals surface area contributed by atoms with Gasteiger partial charge in [-0.2, -0.15) is 5.21 Å². The Hall–Kier alpha value is -1.50. The Labute approximate surface area is 86.6 Å². The molecule has 0 saturated carbocycles. The highest BCUT2D eigenvalue weighted by Crippen LogP contribution is 2.13. The van der Waals surface area contributed by atoms with E-state index in [2.05, 4.69) is 25.9 Å². The summed E-state index contributed by atoms with van der Waals surface area (Å²) in [5.41, 5.74) is 0. The Balaban J connectivity index is 1.89. The first-order valence-electron chi connectivity index (χ1n) is 4.91. The van der Waals surface area contributed by atoms with Crippen LogP contribution in [0.1, 0.15) is 30.4 Å². The van der Waals surface area contributed by atoms with Crippen LogP contribution < -0.4 is 5.32 Å². The van der Waals surface area contributed by atoms with E-state index >= 15 is 0 Å². The zero-order valence-corrected chi connectivity index (χ0v) is 8.43. The number of hydrogen-bond acceptors (Lipinski definition) is 5. The highest BCUT2D eigenvalue weighted by molar-refractivity contribution is 5.90. The molecule has 1 saturated heterocycles. The molecule has 1 aliphatic rings. The molecule has 0 bridgehead atoms. The number of aromatic amines is 1. The Morgan fingerprint density at radius 2 is 2.53 bits per heavy atom. The smallest absolute Gasteiger partial charge is 0.293 e. The lowest BCUT2D eigenvalue weighted by Gasteiger charge is -2.27. The number of amides is 1. The van der Waals surface area contributed by atoms with Crippen molar-refractivity contribution >= 4 is 5.91 Å². The Kier molecular flexibility index (Phi) is 2.91. The zero-order valence-electron chi connectivity index (χ0n) is 8.43. The molecule has 2 heterocycles. The molecule has 1 aromatic heterocycles. The molecule has 7 nitrogen and oxygen atoms in total. The molecule has 0 aliphatic carbocycles. The van der Waals surface area contributed by atoms with E-state index in [1.54, 1.807) is 0 Å². The number of carbonyl (C=O) groups is 1. The van der Waals surface area contributed by atoms with Crippen LogP contribution >= 0.6 is 0 Å². The van der Waals surface area contributed by atoms with Crippen molar-refractivity contribution in [1.29, 1.82) is 0 Å². The van der Waals surface area contributed by atoms with E-state index in [4.69, 9.17) is 4.74 Å². The van der Waals surface area contributed by atoms with E-state index in [1.165, 1.54) is 0 Å². The fourth-order valence-corrected chi connectivity index (χ4v) is 1.64. The minimum Gasteiger partial charge on any atom is -0.378 e. The van der Waals surface area contributed by atoms with Crippen LogP contribution in [0, 0.1) is 0 Å². The van der Waals surface area contributed by atoms with Crippen LogP contribution in [-0.4, -0.2) is 45.3 Å². The van der Waals surface area contributed by atoms with Crippen LogP contribution in [0.4, 0.5) is 0 Å². The number of nitrogens with zero attached hydrogens (tertiary/aromatic N) is 3. The SMILES string of the molecule is CC1CC(NC(=O)c2nn[nH]n2)CCO1. The molecule has 7 heteroatoms. The standard InChI is InChI=1S/C8H13N5O2/c1-5-4-6(2-3-15-5)9-8(14)7-10-12-13-11-7/h5-6H,2-4H2,1H3,(H,9,14)(H,10,11,12,13). The van der Waals surface area contributed by atoms with Gasteiger partial charge in [0.2, 0.25) is 0 Å². The van der Waals surface area contributed by atoms with Gasteiger partial charge in [0, 0.05) is 12.6 Å². The van der Waals surface area contributed by atoms with E-state index < -0.39 is 0 Å². The summed E-state index contributed by atoms with van der Waals surface area (Å²) in [5, 5.41) is 15.6. The van der Waals surface area contributed by atoms with Crippen LogP contribution in [0.5, 0.6) is 0 Å². The summed E-state index contributed by atoms with van der Waals surface area (Å²) < 4.78 is 5.38. The van der Waals surface area contributed by atoms with Crippen molar-refractivity contribution in [3.63, 3.8) is 0 Å². The monoisotopic (exact) mass is 211 g/mol. The van der Waals surface area contributed by atoms with Gasteiger partial charge in [0.25, 0.3) is 11.7 Å². The van der Waals surface area contributed by atoms with Crippen molar-refractivity contribution in [3.05, 3.63) is 5.82 Å². The fourth-order valence-electron chi connectivity index (χ4n) is 1.64. The fraction of sp³-hybridized carbons (Fsp3) is 0.750. The third kappa shape index (κ3) is 2.50. The summed E-state index contributed by atoms with van der Waals surface area (Å²) in [6.45, 7) is 2.67. The molecule has 2 atom stereocenters. The van der Waals surface area contributed by atoms with Gasteiger partial charge in [-0.3, -0.25) is 4.79 Å². The molecular weight excluding hydrogens is 198 g/mol. The predicted octanol–water partition coefficient (Wildman–Crippen LogP) is -0.503. The Bertz CT molecular complexity index is 326. The number of carbonyl (C=O) groups excluding carboxylic acids is 1. The highest BCUT2D eigenvalue weighted by atomic mass is 16.5. The molecule has 1 fully saturated rings. The van der Waals surface area contributed by atoms with E-state index in [-0.39, 0.29) is 23.9 Å². The maximum atomic E-state index is 11.5. The molecule has 0 spiro atoms. The number of rotatable bonds is 2. The second-order valence-electron chi connectivity index (χ2n) is 3.61. The van der Waals surface area contributed by atoms with Crippen LogP contribution in [0.25, 0.3) is 0 Å². The number of hydrogen-bond donors (Lipinski definition) is 2. The van der Waals surface area contributed by atoms with Crippen LogP contribution in [-0.2, 0) is 4.74 Å². The van der Waals surface area contributed by atoms with Gasteiger partial charge in [0.15, 0.2) is 0 Å². The van der Waals surface area contributed by atoms with Gasteiger partial charge in [0.05, 0.1) is 6.10 Å². The molecule has 1 aromatic rings. The first-order valence-corrected chi connectivity index (χ1v) is 4.91. The summed E-state index contributed by atoms with van der Waals surface area (Å²) in [7, 11) is 0. The summed E-state index contributed by atoms with van der Waals surface area (Å²) in [6, 6.07) is 0.139. The average molecular weight is 211 g/mol. The molecule has 0 aromatic carbocycles. The van der Waals surface area contributed by atoms with E-state index in [0.717, 1.165) is 12.8 Å². The van der Waals surface area contributed by atoms with E-state index in [1.807, 2.05) is 6.92 Å². The maximum absolute atomic E-state index is 11.5. The van der Waals surface area contributed by atoms with Crippen molar-refractivity contribution in [1.82, 2.24) is 25.9 Å². The second kappa shape index (κ2) is 4.35. The van der Waals surface area contributed by atoms with Crippen LogP contribution in [0.15, 0.2) is 0 Å². The number of tetrazole rings is 1. The Morgan fingerprint density at radius 3 is 3.20 bits per heavy atom. The molecule has 2 unspecified atom stereocenters. The van der Waals surface area contributed by atoms with Crippen molar-refractivity contribution in [2.75, 3.05) is 6.61 Å². The van der Waals surface area contributed by atoms with Gasteiger partial charge in [-0.05, 0) is 25.0 Å². The zero-order chi connectivity index (χ0) is 10.7. The second-order valence-corrected chi connectivity index (χ2v) is 3.61. The maximum Gasteiger partial charge on any atom is 0.293 e. The summed E-state index contributed by atoms with van der Waals surface area (Å²) in [6.07, 6.45) is 1.84. The lowest BCUT2D eigenvalue weighted by molar-refractivity contribution is 0.0135. The summed E-state index contributed by atoms with van der Waals surface area (Å²) in [4.78, 5) is 11.5. The van der Waals surface area contributed by atoms with Gasteiger partial charge < -0.3 is 10.1 Å². The quantitative estimate of drug-likeness (QED) is 0.687. The predicted molar refractivity (Wildman–Crippen MR) is 50.1 cm³/mol. The van der Waals surface area contributed by atoms with Gasteiger partial charge in [-0.15, -0.1) is 10.2 Å². The topological polar surface area (TPSA) is 92.8 Å². The molecule has 2 rings (SSSR count). The number of nitrogens with one attached hydrogen (secondary N) is 2. The van der Waals surface area contributed by atoms with E-state index in [0.29, 0.717) is 6.61 Å². The van der Waals surface area contributed by atoms with Gasteiger partial charge in [-0.1, -0.05) is 0 Å². The lowest BCUT2D eigenvalue weighted by Crippen LogP contribution is -2.41. The molecular formula is C8H13N5O2. The molecule has 0 radical (unpaired) electrons. The largest absolute Gasteiger partial charge is 0.378 e. The first kappa shape index (κ1) is 10.0. The van der Waals surface area contributed by atoms with Crippen molar-refractivity contribution < 1.29 is 9.53 Å². The molecule has 82 valence electrons. The van der Waals surface area contributed by atoms with Crippen LogP contribution in [0.3, 0.4) is 0 Å². The minimum atomic E-state index is -0.289. The number of H-pyrrole nitrogens is 1. The lowest BCUT2D eigenvalue weighted by atomic mass is 10.0. The van der Waals surface area contributed by atoms with Gasteiger partial charge in [0.1, 0.15) is 0 Å². The highest BCUT2D eigenvalue weighted by Gasteiger charge is 2.22. The Morgan fingerprint density at radius 1 is 1.67 bits per heavy atom. The van der Waals surface area contributed by atoms with Gasteiger partial charge in [-0.25, -0.2) is 0 Å². The summed E-state index contributed by atoms with van der Waals surface area (Å²) in [5.74, 6) is -0.211. The third-order valence-electron chi connectivity index (χ3n) is 2.37.